The third-order valence-corrected chi connectivity index (χ3v) is 5.45. The van der Waals surface area contributed by atoms with E-state index in [0.717, 1.165) is 34.6 Å². The quantitative estimate of drug-likeness (QED) is 0.387. The number of methoxy groups -OCH3 is 1. The lowest BCUT2D eigenvalue weighted by atomic mass is 10.2. The molecule has 0 saturated heterocycles. The van der Waals surface area contributed by atoms with Crippen molar-refractivity contribution in [2.45, 2.75) is 23.8 Å². The van der Waals surface area contributed by atoms with Gasteiger partial charge in [0.1, 0.15) is 10.9 Å². The monoisotopic (exact) mass is 393 g/mol. The summed E-state index contributed by atoms with van der Waals surface area (Å²) in [6.07, 6.45) is 2.26. The first kappa shape index (κ1) is 18.4. The Morgan fingerprint density at radius 1 is 1.11 bits per heavy atom. The van der Waals surface area contributed by atoms with Crippen LogP contribution in [0.3, 0.4) is 0 Å². The summed E-state index contributed by atoms with van der Waals surface area (Å²) in [7, 11) is 1.33. The maximum absolute atomic E-state index is 12.4. The summed E-state index contributed by atoms with van der Waals surface area (Å²) in [5, 5.41) is 4.64. The number of anilines is 1. The summed E-state index contributed by atoms with van der Waals surface area (Å²) in [6, 6.07) is 14.5. The molecule has 0 aliphatic heterocycles. The molecule has 0 radical (unpaired) electrons. The molecule has 1 N–H and O–H groups in total. The number of carbonyl (C=O) groups excluding carboxylic acids is 2. The van der Waals surface area contributed by atoms with Gasteiger partial charge in [0.25, 0.3) is 0 Å². The minimum atomic E-state index is -0.407. The lowest BCUT2D eigenvalue weighted by molar-refractivity contribution is -0.113. The van der Waals surface area contributed by atoms with Gasteiger partial charge in [0, 0.05) is 17.0 Å². The van der Waals surface area contributed by atoms with Gasteiger partial charge in [0.05, 0.1) is 23.9 Å². The maximum atomic E-state index is 12.4. The van der Waals surface area contributed by atoms with E-state index in [4.69, 9.17) is 4.98 Å². The van der Waals surface area contributed by atoms with Gasteiger partial charge in [0.15, 0.2) is 0 Å². The fourth-order valence-electron chi connectivity index (χ4n) is 2.84. The maximum Gasteiger partial charge on any atom is 0.337 e. The number of rotatable bonds is 6. The van der Waals surface area contributed by atoms with E-state index in [1.807, 2.05) is 24.3 Å². The largest absolute Gasteiger partial charge is 0.465 e. The molecule has 0 spiro atoms. The second-order valence-electron chi connectivity index (χ2n) is 6.58. The van der Waals surface area contributed by atoms with Crippen molar-refractivity contribution in [2.75, 3.05) is 18.2 Å². The van der Waals surface area contributed by atoms with Crippen molar-refractivity contribution >= 4 is 40.2 Å². The van der Waals surface area contributed by atoms with Crippen LogP contribution in [-0.2, 0) is 9.53 Å². The Labute approximate surface area is 166 Å². The van der Waals surface area contributed by atoms with Crippen LogP contribution >= 0.6 is 11.8 Å². The number of nitrogens with one attached hydrogen (secondary N) is 1. The molecule has 142 valence electrons. The predicted octanol–water partition coefficient (Wildman–Crippen LogP) is 4.02. The van der Waals surface area contributed by atoms with Crippen LogP contribution in [0.25, 0.3) is 10.9 Å². The summed E-state index contributed by atoms with van der Waals surface area (Å²) in [5.74, 6) is 1.03. The van der Waals surface area contributed by atoms with Crippen LogP contribution in [0.5, 0.6) is 0 Å². The number of esters is 1. The molecule has 0 bridgehead atoms. The molecule has 1 amide bonds. The van der Waals surface area contributed by atoms with Crippen LogP contribution in [0.2, 0.25) is 0 Å². The second-order valence-corrected chi connectivity index (χ2v) is 7.55. The zero-order valence-electron chi connectivity index (χ0n) is 15.3. The first-order valence-electron chi connectivity index (χ1n) is 9.02. The Morgan fingerprint density at radius 3 is 2.57 bits per heavy atom. The molecule has 28 heavy (non-hydrogen) atoms. The number of amides is 1. The van der Waals surface area contributed by atoms with E-state index >= 15 is 0 Å². The summed E-state index contributed by atoms with van der Waals surface area (Å²) in [5.41, 5.74) is 1.99. The SMILES string of the molecule is COC(=O)c1ccc(NC(=O)CSc2nc(C3CC3)nc3ccccc23)cc1. The molecule has 6 nitrogen and oxygen atoms in total. The van der Waals surface area contributed by atoms with E-state index < -0.39 is 5.97 Å². The van der Waals surface area contributed by atoms with Crippen LogP contribution in [-0.4, -0.2) is 34.7 Å². The van der Waals surface area contributed by atoms with Gasteiger partial charge in [0.2, 0.25) is 5.91 Å². The molecule has 0 atom stereocenters. The Hall–Kier alpha value is -2.93. The molecular weight excluding hydrogens is 374 g/mol. The molecule has 1 heterocycles. The number of hydrogen-bond acceptors (Lipinski definition) is 6. The van der Waals surface area contributed by atoms with Gasteiger partial charge in [-0.2, -0.15) is 0 Å². The predicted molar refractivity (Wildman–Crippen MR) is 109 cm³/mol. The highest BCUT2D eigenvalue weighted by atomic mass is 32.2. The van der Waals surface area contributed by atoms with E-state index in [0.29, 0.717) is 17.2 Å². The van der Waals surface area contributed by atoms with Crippen molar-refractivity contribution in [3.05, 3.63) is 59.9 Å². The van der Waals surface area contributed by atoms with Crippen LogP contribution in [0.15, 0.2) is 53.6 Å². The van der Waals surface area contributed by atoms with Gasteiger partial charge in [-0.05, 0) is 43.2 Å². The fraction of sp³-hybridized carbons (Fsp3) is 0.238. The molecule has 4 rings (SSSR count). The second kappa shape index (κ2) is 7.98. The highest BCUT2D eigenvalue weighted by Crippen LogP contribution is 2.39. The van der Waals surface area contributed by atoms with Gasteiger partial charge >= 0.3 is 5.97 Å². The smallest absolute Gasteiger partial charge is 0.337 e. The lowest BCUT2D eigenvalue weighted by Crippen LogP contribution is -2.14. The highest BCUT2D eigenvalue weighted by molar-refractivity contribution is 8.00. The van der Waals surface area contributed by atoms with E-state index in [1.54, 1.807) is 24.3 Å². The zero-order chi connectivity index (χ0) is 19.5. The molecule has 3 aromatic rings. The average molecular weight is 393 g/mol. The summed E-state index contributed by atoms with van der Waals surface area (Å²) >= 11 is 1.41. The summed E-state index contributed by atoms with van der Waals surface area (Å²) in [4.78, 5) is 33.2. The van der Waals surface area contributed by atoms with E-state index in [9.17, 15) is 9.59 Å². The van der Waals surface area contributed by atoms with Crippen molar-refractivity contribution in [2.24, 2.45) is 0 Å². The van der Waals surface area contributed by atoms with Crippen molar-refractivity contribution < 1.29 is 14.3 Å². The Balaban J connectivity index is 1.44. The van der Waals surface area contributed by atoms with Gasteiger partial charge < -0.3 is 10.1 Å². The molecule has 2 aromatic carbocycles. The third-order valence-electron chi connectivity index (χ3n) is 4.46. The Bertz CT molecular complexity index is 1030. The highest BCUT2D eigenvalue weighted by Gasteiger charge is 2.27. The van der Waals surface area contributed by atoms with Crippen molar-refractivity contribution in [1.29, 1.82) is 0 Å². The zero-order valence-corrected chi connectivity index (χ0v) is 16.2. The molecule has 0 unspecified atom stereocenters. The van der Waals surface area contributed by atoms with Crippen molar-refractivity contribution in [3.63, 3.8) is 0 Å². The van der Waals surface area contributed by atoms with Gasteiger partial charge in [-0.3, -0.25) is 4.79 Å². The number of fused-ring (bicyclic) bond motifs is 1. The van der Waals surface area contributed by atoms with Crippen LogP contribution in [0.4, 0.5) is 5.69 Å². The van der Waals surface area contributed by atoms with E-state index in [2.05, 4.69) is 15.0 Å². The number of aromatic nitrogens is 2. The minimum absolute atomic E-state index is 0.133. The first-order valence-corrected chi connectivity index (χ1v) is 10.0. The van der Waals surface area contributed by atoms with Crippen LogP contribution < -0.4 is 5.32 Å². The van der Waals surface area contributed by atoms with Crippen molar-refractivity contribution in [3.8, 4) is 0 Å². The third kappa shape index (κ3) is 4.14. The molecule has 7 heteroatoms. The number of hydrogen-bond donors (Lipinski definition) is 1. The average Bonchev–Trinajstić information content (AvgIpc) is 3.57. The molecule has 1 saturated carbocycles. The summed E-state index contributed by atoms with van der Waals surface area (Å²) in [6.45, 7) is 0. The number of benzene rings is 2. The molecular formula is C21H19N3O3S. The molecule has 1 fully saturated rings. The number of para-hydroxylation sites is 1. The standard InChI is InChI=1S/C21H19N3O3S/c1-27-21(26)14-8-10-15(11-9-14)22-18(25)12-28-20-16-4-2-3-5-17(16)23-19(24-20)13-6-7-13/h2-5,8-11,13H,6-7,12H2,1H3,(H,22,25). The van der Waals surface area contributed by atoms with Gasteiger partial charge in [-0.1, -0.05) is 30.0 Å². The van der Waals surface area contributed by atoms with Gasteiger partial charge in [-0.25, -0.2) is 14.8 Å². The fourth-order valence-corrected chi connectivity index (χ4v) is 3.66. The molecule has 1 aromatic heterocycles. The number of thioether (sulfide) groups is 1. The van der Waals surface area contributed by atoms with Crippen LogP contribution in [0, 0.1) is 0 Å². The Morgan fingerprint density at radius 2 is 1.86 bits per heavy atom. The minimum Gasteiger partial charge on any atom is -0.465 e. The topological polar surface area (TPSA) is 81.2 Å². The summed E-state index contributed by atoms with van der Waals surface area (Å²) < 4.78 is 4.67. The first-order chi connectivity index (χ1) is 13.6. The normalized spacial score (nSPS) is 13.3. The number of ether oxygens (including phenoxy) is 1. The van der Waals surface area contributed by atoms with Crippen molar-refractivity contribution in [1.82, 2.24) is 9.97 Å². The molecule has 1 aliphatic rings. The Kier molecular flexibility index (Phi) is 5.25. The van der Waals surface area contributed by atoms with Crippen LogP contribution in [0.1, 0.15) is 34.9 Å². The van der Waals surface area contributed by atoms with E-state index in [-0.39, 0.29) is 11.7 Å². The molecule has 1 aliphatic carbocycles. The lowest BCUT2D eigenvalue weighted by Gasteiger charge is -2.09. The van der Waals surface area contributed by atoms with E-state index in [1.165, 1.54) is 18.9 Å². The number of carbonyl (C=O) groups is 2. The number of nitrogens with zero attached hydrogens (tertiary/aromatic N) is 2. The van der Waals surface area contributed by atoms with Gasteiger partial charge in [-0.15, -0.1) is 0 Å².